The Balaban J connectivity index is 2.36. The maximum atomic E-state index is 13.8. The Morgan fingerprint density at radius 1 is 1.03 bits per heavy atom. The molecule has 8 nitrogen and oxygen atoms in total. The number of unbranched alkanes of at least 4 members (excludes halogenated alkanes) is 1. The van der Waals surface area contributed by atoms with Crippen LogP contribution in [0.5, 0.6) is 5.75 Å². The summed E-state index contributed by atoms with van der Waals surface area (Å²) in [5, 5.41) is 15.2. The summed E-state index contributed by atoms with van der Waals surface area (Å²) in [6.07, 6.45) is 1.18. The SMILES string of the molecule is CCCCNC(=O)C(c1ccc(C)cc1)N(C)C(=O)C(Cc1ccc(O)cc1)NC(=O)OC(C)(C)C. The fraction of sp³-hybridized carbons (Fsp3) is 0.464. The topological polar surface area (TPSA) is 108 Å². The minimum absolute atomic E-state index is 0.0991. The highest BCUT2D eigenvalue weighted by atomic mass is 16.6. The molecule has 0 heterocycles. The molecule has 2 unspecified atom stereocenters. The standard InChI is InChI=1S/C28H39N3O5/c1-7-8-17-29-25(33)24(21-13-9-19(2)10-14-21)31(6)26(34)23(30-27(35)36-28(3,4)5)18-20-11-15-22(32)16-12-20/h9-16,23-24,32H,7-8,17-18H2,1-6H3,(H,29,33)(H,30,35). The van der Waals surface area contributed by atoms with E-state index in [2.05, 4.69) is 10.6 Å². The molecule has 3 amide bonds. The lowest BCUT2D eigenvalue weighted by molar-refractivity contribution is -0.140. The van der Waals surface area contributed by atoms with Crippen LogP contribution < -0.4 is 10.6 Å². The predicted octanol–water partition coefficient (Wildman–Crippen LogP) is 4.25. The lowest BCUT2D eigenvalue weighted by atomic mass is 10.00. The molecule has 2 aromatic rings. The maximum absolute atomic E-state index is 13.8. The molecule has 2 aromatic carbocycles. The second kappa shape index (κ2) is 13.0. The molecule has 0 saturated heterocycles. The lowest BCUT2D eigenvalue weighted by Gasteiger charge is -2.32. The van der Waals surface area contributed by atoms with Crippen LogP contribution in [0.3, 0.4) is 0 Å². The van der Waals surface area contributed by atoms with Gasteiger partial charge in [-0.05, 0) is 57.4 Å². The summed E-state index contributed by atoms with van der Waals surface area (Å²) < 4.78 is 5.39. The van der Waals surface area contributed by atoms with Gasteiger partial charge in [-0.2, -0.15) is 0 Å². The highest BCUT2D eigenvalue weighted by molar-refractivity contribution is 5.92. The number of aryl methyl sites for hydroxylation is 1. The van der Waals surface area contributed by atoms with Gasteiger partial charge in [-0.1, -0.05) is 55.3 Å². The van der Waals surface area contributed by atoms with Gasteiger partial charge in [0, 0.05) is 20.0 Å². The first kappa shape index (κ1) is 28.7. The number of carbonyl (C=O) groups excluding carboxylic acids is 3. The van der Waals surface area contributed by atoms with Crippen molar-refractivity contribution in [2.24, 2.45) is 0 Å². The molecule has 2 rings (SSSR count). The number of ether oxygens (including phenoxy) is 1. The number of likely N-dealkylation sites (N-methyl/N-ethyl adjacent to an activating group) is 1. The number of nitrogens with one attached hydrogen (secondary N) is 2. The summed E-state index contributed by atoms with van der Waals surface area (Å²) in [4.78, 5) is 41.0. The van der Waals surface area contributed by atoms with E-state index >= 15 is 0 Å². The van der Waals surface area contributed by atoms with Crippen molar-refractivity contribution in [3.8, 4) is 5.75 Å². The molecule has 196 valence electrons. The van der Waals surface area contributed by atoms with Crippen molar-refractivity contribution in [2.45, 2.75) is 71.6 Å². The number of carbonyl (C=O) groups is 3. The average Bonchev–Trinajstić information content (AvgIpc) is 2.80. The van der Waals surface area contributed by atoms with E-state index in [1.54, 1.807) is 40.0 Å². The number of hydrogen-bond acceptors (Lipinski definition) is 5. The van der Waals surface area contributed by atoms with Gasteiger partial charge in [0.15, 0.2) is 0 Å². The van der Waals surface area contributed by atoms with Gasteiger partial charge >= 0.3 is 6.09 Å². The van der Waals surface area contributed by atoms with Crippen LogP contribution in [-0.4, -0.2) is 53.1 Å². The first-order chi connectivity index (χ1) is 16.9. The Hall–Kier alpha value is -3.55. The Kier molecular flexibility index (Phi) is 10.3. The van der Waals surface area contributed by atoms with Crippen LogP contribution in [0, 0.1) is 6.92 Å². The van der Waals surface area contributed by atoms with Crippen LogP contribution in [0.2, 0.25) is 0 Å². The molecule has 0 aliphatic heterocycles. The number of amides is 3. The Bertz CT molecular complexity index is 1010. The number of nitrogens with zero attached hydrogens (tertiary/aromatic N) is 1. The fourth-order valence-electron chi connectivity index (χ4n) is 3.68. The molecule has 36 heavy (non-hydrogen) atoms. The first-order valence-corrected chi connectivity index (χ1v) is 12.3. The Morgan fingerprint density at radius 2 is 1.64 bits per heavy atom. The zero-order chi connectivity index (χ0) is 26.9. The molecule has 0 fully saturated rings. The molecule has 0 aliphatic carbocycles. The van der Waals surface area contributed by atoms with Crippen LogP contribution in [0.4, 0.5) is 4.79 Å². The summed E-state index contributed by atoms with van der Waals surface area (Å²) in [6, 6.07) is 12.0. The molecular weight excluding hydrogens is 458 g/mol. The second-order valence-corrected chi connectivity index (χ2v) is 9.98. The van der Waals surface area contributed by atoms with Crippen molar-refractivity contribution < 1.29 is 24.2 Å². The van der Waals surface area contributed by atoms with Crippen LogP contribution >= 0.6 is 0 Å². The molecule has 0 spiro atoms. The average molecular weight is 498 g/mol. The Labute approximate surface area is 214 Å². The number of rotatable bonds is 10. The third kappa shape index (κ3) is 8.91. The zero-order valence-corrected chi connectivity index (χ0v) is 22.1. The molecular formula is C28H39N3O5. The van der Waals surface area contributed by atoms with E-state index in [1.165, 1.54) is 17.0 Å². The monoisotopic (exact) mass is 497 g/mol. The number of phenolic OH excluding ortho intramolecular Hbond substituents is 1. The molecule has 2 atom stereocenters. The lowest BCUT2D eigenvalue weighted by Crippen LogP contribution is -2.52. The number of alkyl carbamates (subject to hydrolysis) is 1. The van der Waals surface area contributed by atoms with Gasteiger partial charge in [0.05, 0.1) is 0 Å². The van der Waals surface area contributed by atoms with E-state index in [0.29, 0.717) is 12.1 Å². The van der Waals surface area contributed by atoms with E-state index in [1.807, 2.05) is 38.1 Å². The molecule has 0 aliphatic rings. The van der Waals surface area contributed by atoms with E-state index < -0.39 is 29.7 Å². The second-order valence-electron chi connectivity index (χ2n) is 9.98. The van der Waals surface area contributed by atoms with Crippen LogP contribution in [-0.2, 0) is 20.7 Å². The molecule has 0 radical (unpaired) electrons. The quantitative estimate of drug-likeness (QED) is 0.425. The molecule has 0 bridgehead atoms. The molecule has 8 heteroatoms. The third-order valence-electron chi connectivity index (χ3n) is 5.57. The van der Waals surface area contributed by atoms with Crippen LogP contribution in [0.1, 0.15) is 63.3 Å². The number of benzene rings is 2. The minimum atomic E-state index is -0.995. The van der Waals surface area contributed by atoms with Crippen LogP contribution in [0.25, 0.3) is 0 Å². The van der Waals surface area contributed by atoms with Crippen molar-refractivity contribution in [2.75, 3.05) is 13.6 Å². The van der Waals surface area contributed by atoms with E-state index in [-0.39, 0.29) is 18.1 Å². The van der Waals surface area contributed by atoms with Crippen molar-refractivity contribution in [3.63, 3.8) is 0 Å². The van der Waals surface area contributed by atoms with Crippen LogP contribution in [0.15, 0.2) is 48.5 Å². The van der Waals surface area contributed by atoms with Gasteiger partial charge in [0.2, 0.25) is 11.8 Å². The fourth-order valence-corrected chi connectivity index (χ4v) is 3.68. The highest BCUT2D eigenvalue weighted by Gasteiger charge is 2.34. The first-order valence-electron chi connectivity index (χ1n) is 12.3. The zero-order valence-electron chi connectivity index (χ0n) is 22.1. The van der Waals surface area contributed by atoms with Gasteiger partial charge in [0.25, 0.3) is 0 Å². The summed E-state index contributed by atoms with van der Waals surface area (Å²) in [7, 11) is 1.56. The van der Waals surface area contributed by atoms with E-state index in [0.717, 1.165) is 24.0 Å². The van der Waals surface area contributed by atoms with E-state index in [4.69, 9.17) is 4.74 Å². The highest BCUT2D eigenvalue weighted by Crippen LogP contribution is 2.23. The number of phenols is 1. The third-order valence-corrected chi connectivity index (χ3v) is 5.57. The van der Waals surface area contributed by atoms with Gasteiger partial charge in [-0.15, -0.1) is 0 Å². The molecule has 0 aromatic heterocycles. The molecule has 0 saturated carbocycles. The largest absolute Gasteiger partial charge is 0.508 e. The summed E-state index contributed by atoms with van der Waals surface area (Å²) in [5.41, 5.74) is 1.70. The van der Waals surface area contributed by atoms with Gasteiger partial charge in [-0.3, -0.25) is 9.59 Å². The maximum Gasteiger partial charge on any atom is 0.408 e. The Morgan fingerprint density at radius 3 is 2.19 bits per heavy atom. The van der Waals surface area contributed by atoms with Crippen molar-refractivity contribution >= 4 is 17.9 Å². The summed E-state index contributed by atoms with van der Waals surface area (Å²) >= 11 is 0. The van der Waals surface area contributed by atoms with Gasteiger partial charge < -0.3 is 25.4 Å². The van der Waals surface area contributed by atoms with Crippen molar-refractivity contribution in [3.05, 3.63) is 65.2 Å². The van der Waals surface area contributed by atoms with Crippen molar-refractivity contribution in [1.82, 2.24) is 15.5 Å². The van der Waals surface area contributed by atoms with Crippen molar-refractivity contribution in [1.29, 1.82) is 0 Å². The van der Waals surface area contributed by atoms with Gasteiger partial charge in [-0.25, -0.2) is 4.79 Å². The number of aromatic hydroxyl groups is 1. The molecule has 3 N–H and O–H groups in total. The van der Waals surface area contributed by atoms with E-state index in [9.17, 15) is 19.5 Å². The summed E-state index contributed by atoms with van der Waals surface area (Å²) in [5.74, 6) is -0.629. The smallest absolute Gasteiger partial charge is 0.408 e. The predicted molar refractivity (Wildman–Crippen MR) is 140 cm³/mol. The summed E-state index contributed by atoms with van der Waals surface area (Å²) in [6.45, 7) is 9.71. The normalized spacial score (nSPS) is 12.8. The number of hydrogen-bond donors (Lipinski definition) is 3. The minimum Gasteiger partial charge on any atom is -0.508 e. The van der Waals surface area contributed by atoms with Gasteiger partial charge in [0.1, 0.15) is 23.4 Å².